The van der Waals surface area contributed by atoms with Crippen molar-refractivity contribution in [3.8, 4) is 5.75 Å². The van der Waals surface area contributed by atoms with Crippen LogP contribution in [-0.2, 0) is 11.3 Å². The van der Waals surface area contributed by atoms with E-state index in [1.807, 2.05) is 26.1 Å². The van der Waals surface area contributed by atoms with Gasteiger partial charge in [0.15, 0.2) is 0 Å². The number of hydrogen-bond donors (Lipinski definition) is 1. The van der Waals surface area contributed by atoms with Gasteiger partial charge in [0.1, 0.15) is 12.4 Å². The number of hydrogen-bond acceptors (Lipinski definition) is 4. The molecule has 2 unspecified atom stereocenters. The standard InChI is InChI=1S/C16H25NO3/c1-13(11-18)17(2)10-14-5-7-15(8-6-14)20-12-16-4-3-9-19-16/h5-8,13,16,18H,3-4,9-12H2,1-2H3. The Balaban J connectivity index is 1.79. The average molecular weight is 279 g/mol. The summed E-state index contributed by atoms with van der Waals surface area (Å²) in [4.78, 5) is 2.13. The Morgan fingerprint density at radius 1 is 1.40 bits per heavy atom. The third kappa shape index (κ3) is 4.47. The predicted octanol–water partition coefficient (Wildman–Crippen LogP) is 2.06. The quantitative estimate of drug-likeness (QED) is 0.829. The lowest BCUT2D eigenvalue weighted by Crippen LogP contribution is -2.31. The lowest BCUT2D eigenvalue weighted by Gasteiger charge is -2.22. The topological polar surface area (TPSA) is 41.9 Å². The maximum Gasteiger partial charge on any atom is 0.119 e. The van der Waals surface area contributed by atoms with Crippen molar-refractivity contribution in [3.63, 3.8) is 0 Å². The fourth-order valence-electron chi connectivity index (χ4n) is 2.24. The summed E-state index contributed by atoms with van der Waals surface area (Å²) in [6.45, 7) is 4.52. The highest BCUT2D eigenvalue weighted by atomic mass is 16.5. The Hall–Kier alpha value is -1.10. The molecule has 0 radical (unpaired) electrons. The van der Waals surface area contributed by atoms with Crippen molar-refractivity contribution in [1.29, 1.82) is 0 Å². The van der Waals surface area contributed by atoms with Gasteiger partial charge in [0.05, 0.1) is 12.7 Å². The molecule has 1 aliphatic heterocycles. The summed E-state index contributed by atoms with van der Waals surface area (Å²) in [5.41, 5.74) is 1.22. The largest absolute Gasteiger partial charge is 0.491 e. The summed E-state index contributed by atoms with van der Waals surface area (Å²) >= 11 is 0. The van der Waals surface area contributed by atoms with Gasteiger partial charge in [-0.2, -0.15) is 0 Å². The Kier molecular flexibility index (Phi) is 5.83. The van der Waals surface area contributed by atoms with Crippen molar-refractivity contribution in [2.75, 3.05) is 26.9 Å². The molecule has 1 aliphatic rings. The summed E-state index contributed by atoms with van der Waals surface area (Å²) in [6, 6.07) is 8.32. The minimum absolute atomic E-state index is 0.172. The van der Waals surface area contributed by atoms with Crippen molar-refractivity contribution in [2.45, 2.75) is 38.5 Å². The summed E-state index contributed by atoms with van der Waals surface area (Å²) in [6.07, 6.45) is 2.50. The second kappa shape index (κ2) is 7.62. The van der Waals surface area contributed by atoms with E-state index < -0.39 is 0 Å². The van der Waals surface area contributed by atoms with E-state index in [1.165, 1.54) is 5.56 Å². The van der Waals surface area contributed by atoms with E-state index in [4.69, 9.17) is 14.6 Å². The number of rotatable bonds is 7. The Morgan fingerprint density at radius 3 is 2.75 bits per heavy atom. The van der Waals surface area contributed by atoms with E-state index in [0.29, 0.717) is 6.61 Å². The van der Waals surface area contributed by atoms with Gasteiger partial charge in [-0.15, -0.1) is 0 Å². The van der Waals surface area contributed by atoms with E-state index in [-0.39, 0.29) is 18.8 Å². The van der Waals surface area contributed by atoms with Crippen LogP contribution in [0.3, 0.4) is 0 Å². The minimum Gasteiger partial charge on any atom is -0.491 e. The third-order valence-corrected chi connectivity index (χ3v) is 3.83. The molecular weight excluding hydrogens is 254 g/mol. The number of likely N-dealkylation sites (N-methyl/N-ethyl adjacent to an activating group) is 1. The molecule has 1 heterocycles. The number of benzene rings is 1. The number of aliphatic hydroxyl groups is 1. The molecule has 0 aromatic heterocycles. The van der Waals surface area contributed by atoms with Crippen LogP contribution in [0.1, 0.15) is 25.3 Å². The molecule has 0 aliphatic carbocycles. The second-order valence-electron chi connectivity index (χ2n) is 5.54. The zero-order valence-corrected chi connectivity index (χ0v) is 12.4. The van der Waals surface area contributed by atoms with Crippen molar-refractivity contribution >= 4 is 0 Å². The van der Waals surface area contributed by atoms with Crippen molar-refractivity contribution in [1.82, 2.24) is 4.90 Å². The van der Waals surface area contributed by atoms with Crippen LogP contribution in [0.2, 0.25) is 0 Å². The van der Waals surface area contributed by atoms with E-state index in [1.54, 1.807) is 0 Å². The average Bonchev–Trinajstić information content (AvgIpc) is 2.99. The van der Waals surface area contributed by atoms with Crippen LogP contribution in [0.25, 0.3) is 0 Å². The molecule has 112 valence electrons. The maximum atomic E-state index is 9.13. The van der Waals surface area contributed by atoms with Gasteiger partial charge in [0.2, 0.25) is 0 Å². The van der Waals surface area contributed by atoms with Crippen LogP contribution in [0.4, 0.5) is 0 Å². The zero-order valence-electron chi connectivity index (χ0n) is 12.4. The van der Waals surface area contributed by atoms with E-state index in [9.17, 15) is 0 Å². The molecule has 2 atom stereocenters. The molecule has 0 saturated carbocycles. The lowest BCUT2D eigenvalue weighted by atomic mass is 10.2. The molecule has 2 rings (SSSR count). The van der Waals surface area contributed by atoms with E-state index in [2.05, 4.69) is 17.0 Å². The van der Waals surface area contributed by atoms with E-state index >= 15 is 0 Å². The second-order valence-corrected chi connectivity index (χ2v) is 5.54. The number of ether oxygens (including phenoxy) is 2. The molecule has 0 bridgehead atoms. The van der Waals surface area contributed by atoms with Gasteiger partial charge in [0.25, 0.3) is 0 Å². The van der Waals surface area contributed by atoms with Gasteiger partial charge in [0, 0.05) is 19.2 Å². The van der Waals surface area contributed by atoms with Crippen LogP contribution in [0.15, 0.2) is 24.3 Å². The van der Waals surface area contributed by atoms with Gasteiger partial charge < -0.3 is 14.6 Å². The third-order valence-electron chi connectivity index (χ3n) is 3.83. The first-order valence-electron chi connectivity index (χ1n) is 7.33. The summed E-state index contributed by atoms with van der Waals surface area (Å²) in [7, 11) is 2.02. The van der Waals surface area contributed by atoms with E-state index in [0.717, 1.165) is 31.7 Å². The molecule has 4 nitrogen and oxygen atoms in total. The molecule has 1 fully saturated rings. The van der Waals surface area contributed by atoms with Crippen LogP contribution >= 0.6 is 0 Å². The van der Waals surface area contributed by atoms with Crippen LogP contribution < -0.4 is 4.74 Å². The molecule has 0 spiro atoms. The van der Waals surface area contributed by atoms with Gasteiger partial charge >= 0.3 is 0 Å². The first kappa shape index (κ1) is 15.3. The van der Waals surface area contributed by atoms with Gasteiger partial charge in [-0.1, -0.05) is 12.1 Å². The first-order valence-corrected chi connectivity index (χ1v) is 7.33. The first-order chi connectivity index (χ1) is 9.69. The molecule has 1 aromatic carbocycles. The Labute approximate surface area is 121 Å². The molecule has 1 saturated heterocycles. The van der Waals surface area contributed by atoms with Gasteiger partial charge in [-0.05, 0) is 44.5 Å². The smallest absolute Gasteiger partial charge is 0.119 e. The Bertz CT molecular complexity index is 387. The molecular formula is C16H25NO3. The number of nitrogens with zero attached hydrogens (tertiary/aromatic N) is 1. The lowest BCUT2D eigenvalue weighted by molar-refractivity contribution is 0.0679. The summed E-state index contributed by atoms with van der Waals surface area (Å²) in [5, 5.41) is 9.13. The van der Waals surface area contributed by atoms with Crippen molar-refractivity contribution in [3.05, 3.63) is 29.8 Å². The molecule has 4 heteroatoms. The molecule has 1 N–H and O–H groups in total. The monoisotopic (exact) mass is 279 g/mol. The highest BCUT2D eigenvalue weighted by molar-refractivity contribution is 5.27. The summed E-state index contributed by atoms with van der Waals surface area (Å²) in [5.74, 6) is 0.891. The van der Waals surface area contributed by atoms with Crippen LogP contribution in [0, 0.1) is 0 Å². The highest BCUT2D eigenvalue weighted by Gasteiger charge is 2.16. The molecule has 20 heavy (non-hydrogen) atoms. The fourth-order valence-corrected chi connectivity index (χ4v) is 2.24. The summed E-state index contributed by atoms with van der Waals surface area (Å²) < 4.78 is 11.3. The molecule has 0 amide bonds. The fraction of sp³-hybridized carbons (Fsp3) is 0.625. The SMILES string of the molecule is CC(CO)N(C)Cc1ccc(OCC2CCCO2)cc1. The van der Waals surface area contributed by atoms with Crippen LogP contribution in [0.5, 0.6) is 5.75 Å². The van der Waals surface area contributed by atoms with Crippen LogP contribution in [-0.4, -0.2) is 49.0 Å². The zero-order chi connectivity index (χ0) is 14.4. The predicted molar refractivity (Wildman–Crippen MR) is 78.9 cm³/mol. The van der Waals surface area contributed by atoms with Gasteiger partial charge in [-0.25, -0.2) is 0 Å². The highest BCUT2D eigenvalue weighted by Crippen LogP contribution is 2.17. The van der Waals surface area contributed by atoms with Crippen molar-refractivity contribution < 1.29 is 14.6 Å². The maximum absolute atomic E-state index is 9.13. The Morgan fingerprint density at radius 2 is 2.15 bits per heavy atom. The molecule has 1 aromatic rings. The van der Waals surface area contributed by atoms with Gasteiger partial charge in [-0.3, -0.25) is 4.90 Å². The normalized spacial score (nSPS) is 20.3. The number of aliphatic hydroxyl groups excluding tert-OH is 1. The minimum atomic E-state index is 0.172. The van der Waals surface area contributed by atoms with Crippen molar-refractivity contribution in [2.24, 2.45) is 0 Å².